The monoisotopic (exact) mass is 306 g/mol. The van der Waals surface area contributed by atoms with E-state index in [1.165, 1.54) is 7.11 Å². The third-order valence-electron chi connectivity index (χ3n) is 2.94. The molecule has 1 aromatic carbocycles. The van der Waals surface area contributed by atoms with Gasteiger partial charge < -0.3 is 18.7 Å². The molecule has 0 fully saturated rings. The van der Waals surface area contributed by atoms with E-state index >= 15 is 0 Å². The number of ether oxygens (including phenoxy) is 3. The summed E-state index contributed by atoms with van der Waals surface area (Å²) in [5.74, 6) is 1.77. The van der Waals surface area contributed by atoms with Gasteiger partial charge in [-0.15, -0.1) is 0 Å². The summed E-state index contributed by atoms with van der Waals surface area (Å²) in [7, 11) is 1.51. The number of rotatable bonds is 8. The summed E-state index contributed by atoms with van der Waals surface area (Å²) in [6.45, 7) is 4.42. The number of aromatic nitrogens is 2. The van der Waals surface area contributed by atoms with Gasteiger partial charge in [0.25, 0.3) is 5.89 Å². The number of nitrogens with zero attached hydrogens (tertiary/aromatic N) is 2. The molecule has 22 heavy (non-hydrogen) atoms. The molecule has 1 heterocycles. The lowest BCUT2D eigenvalue weighted by atomic mass is 10.2. The summed E-state index contributed by atoms with van der Waals surface area (Å²) >= 11 is 0. The summed E-state index contributed by atoms with van der Waals surface area (Å²) in [5, 5.41) is 3.85. The van der Waals surface area contributed by atoms with E-state index in [0.29, 0.717) is 35.4 Å². The number of hydrogen-bond acceptors (Lipinski definition) is 7. The van der Waals surface area contributed by atoms with Crippen LogP contribution in [-0.4, -0.2) is 30.1 Å². The third-order valence-corrected chi connectivity index (χ3v) is 2.94. The minimum absolute atomic E-state index is 0.0998. The molecule has 0 saturated carbocycles. The van der Waals surface area contributed by atoms with Crippen LogP contribution in [0, 0.1) is 0 Å². The molecule has 0 aliphatic heterocycles. The molecular formula is C15H18N2O5. The van der Waals surface area contributed by atoms with Crippen LogP contribution in [0.25, 0.3) is 0 Å². The summed E-state index contributed by atoms with van der Waals surface area (Å²) in [5.41, 5.74) is 0.509. The van der Waals surface area contributed by atoms with Crippen LogP contribution in [-0.2, 0) is 11.3 Å². The SMILES string of the molecule is CCOC(C)c1noc(COc2ccc(C=O)cc2OC)n1. The predicted molar refractivity (Wildman–Crippen MR) is 77.1 cm³/mol. The zero-order valence-corrected chi connectivity index (χ0v) is 12.7. The molecule has 1 atom stereocenters. The lowest BCUT2D eigenvalue weighted by molar-refractivity contribution is 0.0683. The largest absolute Gasteiger partial charge is 0.493 e. The van der Waals surface area contributed by atoms with E-state index in [1.807, 2.05) is 13.8 Å². The van der Waals surface area contributed by atoms with Crippen LogP contribution in [0.2, 0.25) is 0 Å². The first-order chi connectivity index (χ1) is 10.7. The van der Waals surface area contributed by atoms with Crippen LogP contribution in [0.3, 0.4) is 0 Å². The molecule has 0 saturated heterocycles. The highest BCUT2D eigenvalue weighted by atomic mass is 16.5. The van der Waals surface area contributed by atoms with Crippen molar-refractivity contribution in [2.75, 3.05) is 13.7 Å². The summed E-state index contributed by atoms with van der Waals surface area (Å²) in [6, 6.07) is 4.89. The zero-order chi connectivity index (χ0) is 15.9. The fourth-order valence-corrected chi connectivity index (χ4v) is 1.83. The van der Waals surface area contributed by atoms with Crippen molar-refractivity contribution in [2.24, 2.45) is 0 Å². The van der Waals surface area contributed by atoms with Gasteiger partial charge in [0.05, 0.1) is 7.11 Å². The van der Waals surface area contributed by atoms with E-state index in [0.717, 1.165) is 6.29 Å². The molecule has 2 aromatic rings. The average Bonchev–Trinajstić information content (AvgIpc) is 3.02. The highest BCUT2D eigenvalue weighted by Crippen LogP contribution is 2.28. The topological polar surface area (TPSA) is 83.7 Å². The second-order valence-electron chi connectivity index (χ2n) is 4.46. The van der Waals surface area contributed by atoms with Crippen LogP contribution in [0.5, 0.6) is 11.5 Å². The maximum absolute atomic E-state index is 10.7. The Morgan fingerprint density at radius 1 is 1.36 bits per heavy atom. The van der Waals surface area contributed by atoms with Crippen molar-refractivity contribution in [3.63, 3.8) is 0 Å². The molecule has 0 bridgehead atoms. The lowest BCUT2D eigenvalue weighted by Crippen LogP contribution is -2.02. The predicted octanol–water partition coefficient (Wildman–Crippen LogP) is 2.57. The fourth-order valence-electron chi connectivity index (χ4n) is 1.83. The van der Waals surface area contributed by atoms with Gasteiger partial charge in [-0.1, -0.05) is 5.16 Å². The van der Waals surface area contributed by atoms with E-state index in [2.05, 4.69) is 10.1 Å². The third kappa shape index (κ3) is 3.82. The maximum Gasteiger partial charge on any atom is 0.264 e. The van der Waals surface area contributed by atoms with Gasteiger partial charge in [0.1, 0.15) is 12.4 Å². The first-order valence-corrected chi connectivity index (χ1v) is 6.88. The van der Waals surface area contributed by atoms with Crippen LogP contribution in [0.4, 0.5) is 0 Å². The van der Waals surface area contributed by atoms with Crippen molar-refractivity contribution in [1.29, 1.82) is 0 Å². The molecule has 1 unspecified atom stereocenters. The maximum atomic E-state index is 10.7. The van der Waals surface area contributed by atoms with Crippen LogP contribution in [0.1, 0.15) is 42.0 Å². The second kappa shape index (κ2) is 7.56. The molecule has 0 aliphatic rings. The van der Waals surface area contributed by atoms with E-state index in [9.17, 15) is 4.79 Å². The van der Waals surface area contributed by atoms with Crippen molar-refractivity contribution in [3.8, 4) is 11.5 Å². The van der Waals surface area contributed by atoms with Gasteiger partial charge in [0, 0.05) is 12.2 Å². The van der Waals surface area contributed by atoms with Gasteiger partial charge in [-0.25, -0.2) is 0 Å². The lowest BCUT2D eigenvalue weighted by Gasteiger charge is -2.09. The van der Waals surface area contributed by atoms with Crippen LogP contribution in [0.15, 0.2) is 22.7 Å². The number of methoxy groups -OCH3 is 1. The van der Waals surface area contributed by atoms with Crippen molar-refractivity contribution in [2.45, 2.75) is 26.6 Å². The van der Waals surface area contributed by atoms with Crippen molar-refractivity contribution in [1.82, 2.24) is 10.1 Å². The molecule has 0 amide bonds. The van der Waals surface area contributed by atoms with E-state index < -0.39 is 0 Å². The minimum atomic E-state index is -0.232. The quantitative estimate of drug-likeness (QED) is 0.693. The Hall–Kier alpha value is -2.41. The molecule has 118 valence electrons. The Labute approximate surface area is 128 Å². The Balaban J connectivity index is 2.02. The normalized spacial score (nSPS) is 12.0. The Bertz CT molecular complexity index is 626. The average molecular weight is 306 g/mol. The number of benzene rings is 1. The highest BCUT2D eigenvalue weighted by molar-refractivity contribution is 5.76. The van der Waals surface area contributed by atoms with Gasteiger partial charge >= 0.3 is 0 Å². The molecular weight excluding hydrogens is 288 g/mol. The van der Waals surface area contributed by atoms with Gasteiger partial charge in [-0.05, 0) is 32.0 Å². The molecule has 0 aliphatic carbocycles. The van der Waals surface area contributed by atoms with Gasteiger partial charge in [-0.3, -0.25) is 4.79 Å². The first kappa shape index (κ1) is 16.0. The van der Waals surface area contributed by atoms with Crippen LogP contribution < -0.4 is 9.47 Å². The van der Waals surface area contributed by atoms with Crippen molar-refractivity contribution < 1.29 is 23.5 Å². The van der Waals surface area contributed by atoms with Gasteiger partial charge in [-0.2, -0.15) is 4.98 Å². The number of hydrogen-bond donors (Lipinski definition) is 0. The van der Waals surface area contributed by atoms with E-state index in [4.69, 9.17) is 18.7 Å². The number of carbonyl (C=O) groups excluding carboxylic acids is 1. The van der Waals surface area contributed by atoms with Gasteiger partial charge in [0.15, 0.2) is 23.9 Å². The Kier molecular flexibility index (Phi) is 5.48. The molecule has 1 aromatic heterocycles. The van der Waals surface area contributed by atoms with Gasteiger partial charge in [0.2, 0.25) is 0 Å². The molecule has 7 nitrogen and oxygen atoms in total. The summed E-state index contributed by atoms with van der Waals surface area (Å²) < 4.78 is 21.3. The molecule has 7 heteroatoms. The van der Waals surface area contributed by atoms with E-state index in [-0.39, 0.29) is 12.7 Å². The van der Waals surface area contributed by atoms with E-state index in [1.54, 1.807) is 18.2 Å². The zero-order valence-electron chi connectivity index (χ0n) is 12.7. The van der Waals surface area contributed by atoms with Crippen molar-refractivity contribution in [3.05, 3.63) is 35.5 Å². The smallest absolute Gasteiger partial charge is 0.264 e. The summed E-state index contributed by atoms with van der Waals surface area (Å²) in [4.78, 5) is 15.0. The Morgan fingerprint density at radius 3 is 2.86 bits per heavy atom. The highest BCUT2D eigenvalue weighted by Gasteiger charge is 2.14. The van der Waals surface area contributed by atoms with Crippen LogP contribution >= 0.6 is 0 Å². The fraction of sp³-hybridized carbons (Fsp3) is 0.400. The minimum Gasteiger partial charge on any atom is -0.493 e. The molecule has 0 N–H and O–H groups in total. The molecule has 0 spiro atoms. The molecule has 2 rings (SSSR count). The van der Waals surface area contributed by atoms with Crippen molar-refractivity contribution >= 4 is 6.29 Å². The number of aldehydes is 1. The summed E-state index contributed by atoms with van der Waals surface area (Å²) in [6.07, 6.45) is 0.509. The number of carbonyl (C=O) groups is 1. The first-order valence-electron chi connectivity index (χ1n) is 6.88. The second-order valence-corrected chi connectivity index (χ2v) is 4.46. The molecule has 0 radical (unpaired) electrons. The standard InChI is InChI=1S/C15H18N2O5/c1-4-20-10(2)15-16-14(22-17-15)9-21-12-6-5-11(8-18)7-13(12)19-3/h5-8,10H,4,9H2,1-3H3. The Morgan fingerprint density at radius 2 is 2.18 bits per heavy atom.